The monoisotopic (exact) mass is 241 g/mol. The summed E-state index contributed by atoms with van der Waals surface area (Å²) in [6.45, 7) is 3.60. The summed E-state index contributed by atoms with van der Waals surface area (Å²) in [6.07, 6.45) is 0. The van der Waals surface area contributed by atoms with Crippen molar-refractivity contribution in [3.8, 4) is 6.07 Å². The Morgan fingerprint density at radius 1 is 1.28 bits per heavy atom. The van der Waals surface area contributed by atoms with Crippen LogP contribution in [0.15, 0.2) is 30.3 Å². The van der Waals surface area contributed by atoms with Crippen molar-refractivity contribution in [1.82, 2.24) is 4.98 Å². The first-order valence-electron chi connectivity index (χ1n) is 5.51. The van der Waals surface area contributed by atoms with Gasteiger partial charge in [-0.05, 0) is 37.6 Å². The minimum atomic E-state index is -0.336. The molecule has 1 N–H and O–H groups in total. The predicted molar refractivity (Wildman–Crippen MR) is 68.1 cm³/mol. The number of pyridine rings is 1. The first-order valence-corrected chi connectivity index (χ1v) is 5.51. The highest BCUT2D eigenvalue weighted by atomic mass is 19.1. The molecule has 0 aliphatic carbocycles. The van der Waals surface area contributed by atoms with E-state index in [0.29, 0.717) is 22.8 Å². The zero-order valence-corrected chi connectivity index (χ0v) is 10.2. The summed E-state index contributed by atoms with van der Waals surface area (Å²) in [4.78, 5) is 4.23. The molecular weight excluding hydrogens is 229 g/mol. The number of para-hydroxylation sites is 1. The topological polar surface area (TPSA) is 48.7 Å². The number of aromatic nitrogens is 1. The molecule has 0 radical (unpaired) electrons. The number of nitrogens with zero attached hydrogens (tertiary/aromatic N) is 2. The van der Waals surface area contributed by atoms with Crippen LogP contribution < -0.4 is 5.32 Å². The van der Waals surface area contributed by atoms with Crippen LogP contribution in [-0.2, 0) is 0 Å². The highest BCUT2D eigenvalue weighted by Gasteiger charge is 2.07. The second-order valence-corrected chi connectivity index (χ2v) is 4.05. The summed E-state index contributed by atoms with van der Waals surface area (Å²) >= 11 is 0. The maximum atomic E-state index is 13.7. The highest BCUT2D eigenvalue weighted by molar-refractivity contribution is 5.62. The lowest BCUT2D eigenvalue weighted by Crippen LogP contribution is -2.00. The van der Waals surface area contributed by atoms with Crippen molar-refractivity contribution < 1.29 is 4.39 Å². The van der Waals surface area contributed by atoms with E-state index < -0.39 is 0 Å². The third-order valence-corrected chi connectivity index (χ3v) is 2.56. The molecule has 0 aliphatic rings. The second-order valence-electron chi connectivity index (χ2n) is 4.05. The van der Waals surface area contributed by atoms with E-state index in [-0.39, 0.29) is 5.82 Å². The fourth-order valence-corrected chi connectivity index (χ4v) is 1.72. The second kappa shape index (κ2) is 4.84. The number of aryl methyl sites for hydroxylation is 2. The van der Waals surface area contributed by atoms with Crippen molar-refractivity contribution in [3.05, 3.63) is 53.0 Å². The highest BCUT2D eigenvalue weighted by Crippen LogP contribution is 2.23. The van der Waals surface area contributed by atoms with Gasteiger partial charge in [0.15, 0.2) is 0 Å². The quantitative estimate of drug-likeness (QED) is 0.876. The third kappa shape index (κ3) is 2.46. The first kappa shape index (κ1) is 12.1. The molecule has 1 aromatic heterocycles. The van der Waals surface area contributed by atoms with Crippen LogP contribution in [0, 0.1) is 31.0 Å². The van der Waals surface area contributed by atoms with Crippen molar-refractivity contribution >= 4 is 11.5 Å². The molecule has 0 bridgehead atoms. The molecule has 1 aromatic carbocycles. The summed E-state index contributed by atoms with van der Waals surface area (Å²) in [5.74, 6) is 0.136. The van der Waals surface area contributed by atoms with Gasteiger partial charge in [-0.3, -0.25) is 0 Å². The lowest BCUT2D eigenvalue weighted by molar-refractivity contribution is 0.631. The largest absolute Gasteiger partial charge is 0.338 e. The van der Waals surface area contributed by atoms with Gasteiger partial charge in [-0.2, -0.15) is 5.26 Å². The molecule has 18 heavy (non-hydrogen) atoms. The Morgan fingerprint density at radius 3 is 2.72 bits per heavy atom. The van der Waals surface area contributed by atoms with E-state index >= 15 is 0 Å². The number of hydrogen-bond acceptors (Lipinski definition) is 3. The van der Waals surface area contributed by atoms with Gasteiger partial charge in [-0.1, -0.05) is 12.1 Å². The van der Waals surface area contributed by atoms with Crippen molar-refractivity contribution in [3.63, 3.8) is 0 Å². The molecule has 0 amide bonds. The van der Waals surface area contributed by atoms with E-state index in [2.05, 4.69) is 10.3 Å². The van der Waals surface area contributed by atoms with Crippen molar-refractivity contribution in [1.29, 1.82) is 5.26 Å². The average molecular weight is 241 g/mol. The molecule has 2 rings (SSSR count). The Bertz CT molecular complexity index is 609. The molecule has 90 valence electrons. The lowest BCUT2D eigenvalue weighted by atomic mass is 10.2. The third-order valence-electron chi connectivity index (χ3n) is 2.56. The van der Waals surface area contributed by atoms with Crippen molar-refractivity contribution in [2.45, 2.75) is 13.8 Å². The number of nitrogens with one attached hydrogen (secondary N) is 1. The van der Waals surface area contributed by atoms with Gasteiger partial charge in [0.05, 0.1) is 17.3 Å². The average Bonchev–Trinajstić information content (AvgIpc) is 2.33. The van der Waals surface area contributed by atoms with Crippen LogP contribution >= 0.6 is 0 Å². The number of anilines is 2. The van der Waals surface area contributed by atoms with Gasteiger partial charge in [-0.25, -0.2) is 9.37 Å². The fourth-order valence-electron chi connectivity index (χ4n) is 1.72. The van der Waals surface area contributed by atoms with Gasteiger partial charge >= 0.3 is 0 Å². The number of halogens is 1. The number of benzene rings is 1. The SMILES string of the molecule is Cc1cc(C#N)cc(Nc2c(C)cccc2F)n1. The molecule has 3 nitrogen and oxygen atoms in total. The van der Waals surface area contributed by atoms with E-state index in [9.17, 15) is 4.39 Å². The van der Waals surface area contributed by atoms with Crippen LogP contribution in [-0.4, -0.2) is 4.98 Å². The van der Waals surface area contributed by atoms with Crippen LogP contribution in [0.1, 0.15) is 16.8 Å². The van der Waals surface area contributed by atoms with E-state index in [1.54, 1.807) is 25.1 Å². The van der Waals surface area contributed by atoms with Crippen LogP contribution in [0.4, 0.5) is 15.9 Å². The summed E-state index contributed by atoms with van der Waals surface area (Å²) in [5, 5.41) is 11.8. The Balaban J connectivity index is 2.40. The standard InChI is InChI=1S/C14H12FN3/c1-9-4-3-5-12(15)14(9)18-13-7-11(8-16)6-10(2)17-13/h3-7H,1-2H3,(H,17,18). The van der Waals surface area contributed by atoms with Crippen LogP contribution in [0.2, 0.25) is 0 Å². The molecule has 0 saturated carbocycles. The molecule has 0 fully saturated rings. The van der Waals surface area contributed by atoms with Crippen molar-refractivity contribution in [2.24, 2.45) is 0 Å². The maximum absolute atomic E-state index is 13.7. The number of rotatable bonds is 2. The zero-order chi connectivity index (χ0) is 13.1. The smallest absolute Gasteiger partial charge is 0.146 e. The maximum Gasteiger partial charge on any atom is 0.146 e. The molecule has 0 saturated heterocycles. The molecule has 0 unspecified atom stereocenters. The summed E-state index contributed by atoms with van der Waals surface area (Å²) in [7, 11) is 0. The van der Waals surface area contributed by atoms with Crippen LogP contribution in [0.5, 0.6) is 0 Å². The van der Waals surface area contributed by atoms with Crippen LogP contribution in [0.3, 0.4) is 0 Å². The normalized spacial score (nSPS) is 9.89. The Kier molecular flexibility index (Phi) is 3.24. The Labute approximate surface area is 105 Å². The van der Waals surface area contributed by atoms with Gasteiger partial charge < -0.3 is 5.32 Å². The van der Waals surface area contributed by atoms with Gasteiger partial charge in [0.1, 0.15) is 11.6 Å². The molecule has 4 heteroatoms. The molecule has 0 aliphatic heterocycles. The van der Waals surface area contributed by atoms with Gasteiger partial charge in [0, 0.05) is 5.69 Å². The van der Waals surface area contributed by atoms with E-state index in [4.69, 9.17) is 5.26 Å². The summed E-state index contributed by atoms with van der Waals surface area (Å²) in [5.41, 5.74) is 2.39. The van der Waals surface area contributed by atoms with Gasteiger partial charge in [0.2, 0.25) is 0 Å². The number of nitriles is 1. The van der Waals surface area contributed by atoms with Crippen LogP contribution in [0.25, 0.3) is 0 Å². The van der Waals surface area contributed by atoms with E-state index in [1.807, 2.05) is 19.1 Å². The summed E-state index contributed by atoms with van der Waals surface area (Å²) < 4.78 is 13.7. The fraction of sp³-hybridized carbons (Fsp3) is 0.143. The molecule has 1 heterocycles. The molecule has 0 atom stereocenters. The molecular formula is C14H12FN3. The van der Waals surface area contributed by atoms with Crippen molar-refractivity contribution in [2.75, 3.05) is 5.32 Å². The molecule has 2 aromatic rings. The van der Waals surface area contributed by atoms with E-state index in [0.717, 1.165) is 5.56 Å². The van der Waals surface area contributed by atoms with Gasteiger partial charge in [-0.15, -0.1) is 0 Å². The number of hydrogen-bond donors (Lipinski definition) is 1. The lowest BCUT2D eigenvalue weighted by Gasteiger charge is -2.10. The predicted octanol–water partition coefficient (Wildman–Crippen LogP) is 3.45. The first-order chi connectivity index (χ1) is 8.60. The minimum Gasteiger partial charge on any atom is -0.338 e. The molecule has 0 spiro atoms. The summed E-state index contributed by atoms with van der Waals surface area (Å²) in [6, 6.07) is 10.2. The van der Waals surface area contributed by atoms with Gasteiger partial charge in [0.25, 0.3) is 0 Å². The minimum absolute atomic E-state index is 0.336. The van der Waals surface area contributed by atoms with E-state index in [1.165, 1.54) is 6.07 Å². The Morgan fingerprint density at radius 2 is 2.06 bits per heavy atom. The Hall–Kier alpha value is -2.41. The zero-order valence-electron chi connectivity index (χ0n) is 10.2.